The fourth-order valence-corrected chi connectivity index (χ4v) is 6.02. The summed E-state index contributed by atoms with van der Waals surface area (Å²) < 4.78 is 7.96. The van der Waals surface area contributed by atoms with E-state index in [1.807, 2.05) is 36.5 Å². The van der Waals surface area contributed by atoms with Gasteiger partial charge >= 0.3 is 0 Å². The summed E-state index contributed by atoms with van der Waals surface area (Å²) in [6.07, 6.45) is 7.71. The molecule has 0 unspecified atom stereocenters. The van der Waals surface area contributed by atoms with Crippen molar-refractivity contribution in [1.29, 1.82) is 0 Å². The number of anilines is 1. The van der Waals surface area contributed by atoms with Crippen LogP contribution in [0.25, 0.3) is 0 Å². The zero-order chi connectivity index (χ0) is 25.2. The van der Waals surface area contributed by atoms with Crippen molar-refractivity contribution in [2.24, 2.45) is 10.9 Å². The molecule has 0 aromatic heterocycles. The van der Waals surface area contributed by atoms with Crippen molar-refractivity contribution < 1.29 is 4.74 Å². The molecule has 184 valence electrons. The molecule has 0 amide bonds. The number of para-hydroxylation sites is 1. The Morgan fingerprint density at radius 1 is 0.919 bits per heavy atom. The van der Waals surface area contributed by atoms with Gasteiger partial charge in [-0.1, -0.05) is 70.5 Å². The van der Waals surface area contributed by atoms with Crippen LogP contribution in [0.15, 0.2) is 117 Å². The van der Waals surface area contributed by atoms with Gasteiger partial charge in [-0.3, -0.25) is 4.99 Å². The summed E-state index contributed by atoms with van der Waals surface area (Å²) in [5.41, 5.74) is 7.04. The van der Waals surface area contributed by atoms with E-state index < -0.39 is 0 Å². The number of fused-ring (bicyclic) bond motifs is 3. The van der Waals surface area contributed by atoms with Gasteiger partial charge in [0.05, 0.1) is 16.2 Å². The van der Waals surface area contributed by atoms with Crippen LogP contribution in [0.3, 0.4) is 0 Å². The number of rotatable bonds is 6. The summed E-state index contributed by atoms with van der Waals surface area (Å²) in [4.78, 5) is 4.71. The van der Waals surface area contributed by atoms with Gasteiger partial charge in [0.25, 0.3) is 0 Å². The van der Waals surface area contributed by atoms with Crippen molar-refractivity contribution in [2.45, 2.75) is 25.0 Å². The lowest BCUT2D eigenvalue weighted by molar-refractivity contribution is 0.304. The van der Waals surface area contributed by atoms with E-state index in [0.717, 1.165) is 37.9 Å². The average molecular weight is 614 g/mol. The van der Waals surface area contributed by atoms with Crippen molar-refractivity contribution in [3.8, 4) is 5.75 Å². The van der Waals surface area contributed by atoms with E-state index in [2.05, 4.69) is 110 Å². The Morgan fingerprint density at radius 2 is 1.73 bits per heavy atom. The highest BCUT2D eigenvalue weighted by Crippen LogP contribution is 2.49. The molecule has 4 aromatic rings. The molecular formula is C32H26Br2N2O. The second-order valence-corrected chi connectivity index (χ2v) is 11.3. The largest absolute Gasteiger partial charge is 0.488 e. The molecule has 37 heavy (non-hydrogen) atoms. The predicted octanol–water partition coefficient (Wildman–Crippen LogP) is 9.37. The Morgan fingerprint density at radius 3 is 2.54 bits per heavy atom. The number of nitrogens with one attached hydrogen (secondary N) is 1. The topological polar surface area (TPSA) is 33.6 Å². The van der Waals surface area contributed by atoms with Crippen molar-refractivity contribution in [3.63, 3.8) is 0 Å². The fourth-order valence-electron chi connectivity index (χ4n) is 5.25. The van der Waals surface area contributed by atoms with Gasteiger partial charge in [-0.2, -0.15) is 0 Å². The molecule has 1 N–H and O–H groups in total. The zero-order valence-electron chi connectivity index (χ0n) is 20.1. The smallest absolute Gasteiger partial charge is 0.134 e. The lowest BCUT2D eigenvalue weighted by atomic mass is 9.77. The predicted molar refractivity (Wildman–Crippen MR) is 159 cm³/mol. The van der Waals surface area contributed by atoms with Gasteiger partial charge in [0, 0.05) is 22.3 Å². The molecule has 4 aromatic carbocycles. The number of allylic oxidation sites excluding steroid dienone is 2. The molecule has 0 radical (unpaired) electrons. The molecule has 3 atom stereocenters. The summed E-state index contributed by atoms with van der Waals surface area (Å²) in [5, 5.41) is 3.80. The number of benzene rings is 4. The summed E-state index contributed by atoms with van der Waals surface area (Å²) in [6, 6.07) is 31.8. The SMILES string of the molecule is Brc1ccc(COc2ccc(C=Nc3ccc([C@@H]4Nc5ccccc5[C@H]5C=CC[C@@H]54)cc3)cc2Br)cc1. The minimum absolute atomic E-state index is 0.300. The molecule has 0 bridgehead atoms. The molecule has 6 rings (SSSR count). The lowest BCUT2D eigenvalue weighted by Gasteiger charge is -2.37. The molecule has 1 aliphatic carbocycles. The standard InChI is InChI=1S/C32H26Br2N2O/c33-24-13-8-21(9-14-24)20-37-31-17-10-22(18-29(31)34)19-35-25-15-11-23(12-16-25)32-28-6-3-5-26(28)27-4-1-2-7-30(27)36-32/h1-5,7-19,26,28,32,36H,6,20H2/t26-,28+,32+/m1/s1. The lowest BCUT2D eigenvalue weighted by Crippen LogP contribution is -2.28. The zero-order valence-corrected chi connectivity index (χ0v) is 23.3. The van der Waals surface area contributed by atoms with Gasteiger partial charge in [0.2, 0.25) is 0 Å². The Balaban J connectivity index is 1.12. The normalized spacial score (nSPS) is 19.9. The Bertz CT molecular complexity index is 1460. The first-order valence-corrected chi connectivity index (χ1v) is 14.1. The molecule has 0 spiro atoms. The van der Waals surface area contributed by atoms with Crippen LogP contribution in [-0.4, -0.2) is 6.21 Å². The Hall–Kier alpha value is -3.15. The quantitative estimate of drug-likeness (QED) is 0.174. The highest BCUT2D eigenvalue weighted by molar-refractivity contribution is 9.10. The van der Waals surface area contributed by atoms with Gasteiger partial charge in [-0.25, -0.2) is 0 Å². The second-order valence-electron chi connectivity index (χ2n) is 9.52. The van der Waals surface area contributed by atoms with Crippen LogP contribution in [0.2, 0.25) is 0 Å². The number of hydrogen-bond donors (Lipinski definition) is 1. The van der Waals surface area contributed by atoms with Gasteiger partial charge < -0.3 is 10.1 Å². The first-order chi connectivity index (χ1) is 18.1. The molecule has 1 heterocycles. The van der Waals surface area contributed by atoms with E-state index in [0.29, 0.717) is 24.5 Å². The van der Waals surface area contributed by atoms with Crippen molar-refractivity contribution in [3.05, 3.63) is 134 Å². The number of ether oxygens (including phenoxy) is 1. The van der Waals surface area contributed by atoms with E-state index in [4.69, 9.17) is 9.73 Å². The van der Waals surface area contributed by atoms with Crippen LogP contribution >= 0.6 is 31.9 Å². The summed E-state index contributed by atoms with van der Waals surface area (Å²) in [5.74, 6) is 1.84. The van der Waals surface area contributed by atoms with Crippen LogP contribution in [0.4, 0.5) is 11.4 Å². The monoisotopic (exact) mass is 612 g/mol. The summed E-state index contributed by atoms with van der Waals surface area (Å²) in [7, 11) is 0. The van der Waals surface area contributed by atoms with E-state index in [1.165, 1.54) is 16.8 Å². The van der Waals surface area contributed by atoms with Crippen LogP contribution in [0, 0.1) is 5.92 Å². The van der Waals surface area contributed by atoms with Crippen LogP contribution in [-0.2, 0) is 6.61 Å². The third-order valence-corrected chi connectivity index (χ3v) is 8.30. The maximum atomic E-state index is 5.99. The van der Waals surface area contributed by atoms with Crippen molar-refractivity contribution >= 4 is 49.4 Å². The number of halogens is 2. The van der Waals surface area contributed by atoms with Crippen molar-refractivity contribution in [1.82, 2.24) is 0 Å². The number of nitrogens with zero attached hydrogens (tertiary/aromatic N) is 1. The number of aliphatic imine (C=N–C) groups is 1. The molecule has 0 saturated carbocycles. The molecule has 0 fully saturated rings. The average Bonchev–Trinajstić information content (AvgIpc) is 3.43. The minimum Gasteiger partial charge on any atom is -0.488 e. The van der Waals surface area contributed by atoms with Crippen molar-refractivity contribution in [2.75, 3.05) is 5.32 Å². The molecule has 1 aliphatic heterocycles. The summed E-state index contributed by atoms with van der Waals surface area (Å²) >= 11 is 7.10. The first-order valence-electron chi connectivity index (χ1n) is 12.5. The van der Waals surface area contributed by atoms with Crippen LogP contribution in [0.5, 0.6) is 5.75 Å². The second kappa shape index (κ2) is 10.7. The highest BCUT2D eigenvalue weighted by Gasteiger charge is 2.37. The Kier molecular flexibility index (Phi) is 6.99. The van der Waals surface area contributed by atoms with Gasteiger partial charge in [-0.05, 0) is 99.1 Å². The molecule has 2 aliphatic rings. The van der Waals surface area contributed by atoms with Gasteiger partial charge in [-0.15, -0.1) is 0 Å². The van der Waals surface area contributed by atoms with Gasteiger partial charge in [0.1, 0.15) is 12.4 Å². The molecule has 3 nitrogen and oxygen atoms in total. The number of hydrogen-bond acceptors (Lipinski definition) is 3. The fraction of sp³-hybridized carbons (Fsp3) is 0.156. The van der Waals surface area contributed by atoms with Crippen LogP contribution < -0.4 is 10.1 Å². The van der Waals surface area contributed by atoms with E-state index in [1.54, 1.807) is 0 Å². The molecule has 0 saturated heterocycles. The maximum Gasteiger partial charge on any atom is 0.134 e. The van der Waals surface area contributed by atoms with Crippen LogP contribution in [0.1, 0.15) is 40.6 Å². The minimum atomic E-state index is 0.300. The Labute approximate surface area is 234 Å². The molecule has 5 heteroatoms. The third-order valence-electron chi connectivity index (χ3n) is 7.15. The summed E-state index contributed by atoms with van der Waals surface area (Å²) in [6.45, 7) is 0.519. The van der Waals surface area contributed by atoms with E-state index in [-0.39, 0.29) is 0 Å². The maximum absolute atomic E-state index is 5.99. The third kappa shape index (κ3) is 5.29. The van der Waals surface area contributed by atoms with Gasteiger partial charge in [0.15, 0.2) is 0 Å². The molecular weight excluding hydrogens is 588 g/mol. The van der Waals surface area contributed by atoms with E-state index >= 15 is 0 Å². The first kappa shape index (κ1) is 24.2. The highest BCUT2D eigenvalue weighted by atomic mass is 79.9. The van der Waals surface area contributed by atoms with E-state index in [9.17, 15) is 0 Å².